The number of anilines is 1. The topological polar surface area (TPSA) is 82.5 Å². The molecule has 0 bridgehead atoms. The lowest BCUT2D eigenvalue weighted by Crippen LogP contribution is -2.47. The van der Waals surface area contributed by atoms with Crippen molar-refractivity contribution < 1.29 is 14.7 Å². The summed E-state index contributed by atoms with van der Waals surface area (Å²) in [6.45, 7) is 2.02. The Morgan fingerprint density at radius 2 is 2.42 bits per heavy atom. The van der Waals surface area contributed by atoms with Crippen LogP contribution in [0.3, 0.4) is 0 Å². The molecule has 0 aromatic carbocycles. The second-order valence-corrected chi connectivity index (χ2v) is 6.21. The van der Waals surface area contributed by atoms with E-state index in [9.17, 15) is 14.7 Å². The molecule has 2 amide bonds. The number of nitrogens with one attached hydrogen (secondary N) is 1. The number of carboxylic acids is 1. The fourth-order valence-electron chi connectivity index (χ4n) is 1.94. The summed E-state index contributed by atoms with van der Waals surface area (Å²) < 4.78 is 0. The molecule has 1 aliphatic heterocycles. The van der Waals surface area contributed by atoms with Gasteiger partial charge in [0, 0.05) is 17.3 Å². The molecule has 6 nitrogen and oxygen atoms in total. The number of thioether (sulfide) groups is 1. The van der Waals surface area contributed by atoms with Gasteiger partial charge in [-0.05, 0) is 6.42 Å². The lowest BCUT2D eigenvalue weighted by molar-refractivity contribution is -0.141. The number of thiazole rings is 1. The summed E-state index contributed by atoms with van der Waals surface area (Å²) in [5.74, 6) is -0.522. The van der Waals surface area contributed by atoms with E-state index in [1.165, 1.54) is 28.0 Å². The Kier molecular flexibility index (Phi) is 4.65. The van der Waals surface area contributed by atoms with E-state index in [1.54, 1.807) is 11.6 Å². The number of carboxylic acid groups (broad SMARTS) is 1. The molecule has 0 aliphatic carbocycles. The monoisotopic (exact) mass is 301 g/mol. The highest BCUT2D eigenvalue weighted by Crippen LogP contribution is 2.32. The number of nitrogens with zero attached hydrogens (tertiary/aromatic N) is 2. The highest BCUT2D eigenvalue weighted by Gasteiger charge is 2.41. The summed E-state index contributed by atoms with van der Waals surface area (Å²) >= 11 is 2.83. The fraction of sp³-hybridized carbons (Fsp3) is 0.545. The number of amides is 2. The predicted molar refractivity (Wildman–Crippen MR) is 75.5 cm³/mol. The summed E-state index contributed by atoms with van der Waals surface area (Å²) in [7, 11) is 0. The molecule has 0 saturated carbocycles. The molecule has 1 saturated heterocycles. The summed E-state index contributed by atoms with van der Waals surface area (Å²) in [4.78, 5) is 28.8. The minimum Gasteiger partial charge on any atom is -0.480 e. The Balaban J connectivity index is 2.11. The molecule has 0 radical (unpaired) electrons. The van der Waals surface area contributed by atoms with Crippen molar-refractivity contribution in [1.29, 1.82) is 0 Å². The first-order valence-electron chi connectivity index (χ1n) is 5.96. The van der Waals surface area contributed by atoms with Crippen molar-refractivity contribution in [3.8, 4) is 0 Å². The van der Waals surface area contributed by atoms with E-state index in [1.807, 2.05) is 6.92 Å². The molecule has 2 unspecified atom stereocenters. The first-order chi connectivity index (χ1) is 9.13. The van der Waals surface area contributed by atoms with E-state index < -0.39 is 12.0 Å². The highest BCUT2D eigenvalue weighted by molar-refractivity contribution is 8.00. The lowest BCUT2D eigenvalue weighted by Gasteiger charge is -2.26. The van der Waals surface area contributed by atoms with Gasteiger partial charge in [-0.2, -0.15) is 0 Å². The fourth-order valence-corrected chi connectivity index (χ4v) is 3.97. The van der Waals surface area contributed by atoms with E-state index in [2.05, 4.69) is 10.3 Å². The van der Waals surface area contributed by atoms with Crippen molar-refractivity contribution in [3.05, 3.63) is 11.6 Å². The van der Waals surface area contributed by atoms with Crippen LogP contribution >= 0.6 is 23.1 Å². The number of carbonyl (C=O) groups is 2. The SMILES string of the molecule is CCCC1SCC(C(=O)O)N1C(=O)Nc1nccs1. The van der Waals surface area contributed by atoms with Crippen LogP contribution in [0.4, 0.5) is 9.93 Å². The molecule has 19 heavy (non-hydrogen) atoms. The van der Waals surface area contributed by atoms with Crippen LogP contribution in [0.15, 0.2) is 11.6 Å². The van der Waals surface area contributed by atoms with Crippen molar-refractivity contribution in [3.63, 3.8) is 0 Å². The number of urea groups is 1. The zero-order valence-electron chi connectivity index (χ0n) is 10.4. The van der Waals surface area contributed by atoms with Crippen LogP contribution in [0.25, 0.3) is 0 Å². The molecule has 0 spiro atoms. The van der Waals surface area contributed by atoms with Gasteiger partial charge in [-0.25, -0.2) is 14.6 Å². The van der Waals surface area contributed by atoms with Crippen LogP contribution in [0.1, 0.15) is 19.8 Å². The van der Waals surface area contributed by atoms with Crippen molar-refractivity contribution in [1.82, 2.24) is 9.88 Å². The first kappa shape index (κ1) is 14.1. The van der Waals surface area contributed by atoms with Gasteiger partial charge in [-0.1, -0.05) is 13.3 Å². The maximum Gasteiger partial charge on any atom is 0.327 e. The largest absolute Gasteiger partial charge is 0.480 e. The normalized spacial score (nSPS) is 22.5. The van der Waals surface area contributed by atoms with Crippen LogP contribution in [0, 0.1) is 0 Å². The van der Waals surface area contributed by atoms with E-state index in [0.717, 1.165) is 12.8 Å². The molecule has 8 heteroatoms. The molecule has 2 atom stereocenters. The Bertz CT molecular complexity index is 452. The standard InChI is InChI=1S/C11H15N3O3S2/c1-2-3-8-14(7(6-19-8)9(15)16)11(17)13-10-12-4-5-18-10/h4-5,7-8H,2-3,6H2,1H3,(H,15,16)(H,12,13,17). The molecular weight excluding hydrogens is 286 g/mol. The minimum absolute atomic E-state index is 0.0777. The number of aliphatic carboxylic acids is 1. The van der Waals surface area contributed by atoms with Gasteiger partial charge < -0.3 is 5.11 Å². The highest BCUT2D eigenvalue weighted by atomic mass is 32.2. The molecule has 2 rings (SSSR count). The maximum atomic E-state index is 12.2. The molecule has 1 aromatic heterocycles. The van der Waals surface area contributed by atoms with Gasteiger partial charge in [0.2, 0.25) is 0 Å². The van der Waals surface area contributed by atoms with Gasteiger partial charge in [-0.15, -0.1) is 23.1 Å². The zero-order valence-corrected chi connectivity index (χ0v) is 12.0. The Morgan fingerprint density at radius 3 is 3.00 bits per heavy atom. The number of rotatable bonds is 4. The third-order valence-corrected chi connectivity index (χ3v) is 4.84. The number of carbonyl (C=O) groups excluding carboxylic acids is 1. The van der Waals surface area contributed by atoms with Crippen LogP contribution < -0.4 is 5.32 Å². The quantitative estimate of drug-likeness (QED) is 0.891. The van der Waals surface area contributed by atoms with Gasteiger partial charge in [0.25, 0.3) is 0 Å². The van der Waals surface area contributed by atoms with Gasteiger partial charge in [0.15, 0.2) is 5.13 Å². The predicted octanol–water partition coefficient (Wildman–Crippen LogP) is 2.30. The second-order valence-electron chi connectivity index (χ2n) is 4.11. The van der Waals surface area contributed by atoms with Gasteiger partial charge in [0.05, 0.1) is 5.37 Å². The Morgan fingerprint density at radius 1 is 1.63 bits per heavy atom. The molecule has 1 aromatic rings. The van der Waals surface area contributed by atoms with Crippen molar-refractivity contribution >= 4 is 40.2 Å². The number of hydrogen-bond acceptors (Lipinski definition) is 5. The Labute approximate surface area is 119 Å². The smallest absolute Gasteiger partial charge is 0.327 e. The third kappa shape index (κ3) is 3.19. The van der Waals surface area contributed by atoms with Crippen LogP contribution in [0.5, 0.6) is 0 Å². The van der Waals surface area contributed by atoms with Gasteiger partial charge in [-0.3, -0.25) is 10.2 Å². The molecule has 2 heterocycles. The van der Waals surface area contributed by atoms with Crippen molar-refractivity contribution in [2.75, 3.05) is 11.1 Å². The number of aromatic nitrogens is 1. The average Bonchev–Trinajstić information content (AvgIpc) is 2.98. The van der Waals surface area contributed by atoms with E-state index in [-0.39, 0.29) is 11.4 Å². The van der Waals surface area contributed by atoms with Crippen LogP contribution in [-0.4, -0.2) is 44.2 Å². The number of hydrogen-bond donors (Lipinski definition) is 2. The van der Waals surface area contributed by atoms with E-state index in [0.29, 0.717) is 10.9 Å². The van der Waals surface area contributed by atoms with Crippen LogP contribution in [-0.2, 0) is 4.79 Å². The second kappa shape index (κ2) is 6.25. The zero-order chi connectivity index (χ0) is 13.8. The lowest BCUT2D eigenvalue weighted by atomic mass is 10.2. The average molecular weight is 301 g/mol. The molecule has 1 aliphatic rings. The first-order valence-corrected chi connectivity index (χ1v) is 7.89. The molecule has 104 valence electrons. The van der Waals surface area contributed by atoms with Gasteiger partial charge >= 0.3 is 12.0 Å². The van der Waals surface area contributed by atoms with Crippen molar-refractivity contribution in [2.45, 2.75) is 31.2 Å². The van der Waals surface area contributed by atoms with Crippen molar-refractivity contribution in [2.24, 2.45) is 0 Å². The third-order valence-electron chi connectivity index (χ3n) is 2.79. The van der Waals surface area contributed by atoms with E-state index >= 15 is 0 Å². The van der Waals surface area contributed by atoms with Gasteiger partial charge in [0.1, 0.15) is 6.04 Å². The Hall–Kier alpha value is -1.28. The summed E-state index contributed by atoms with van der Waals surface area (Å²) in [5, 5.41) is 14.0. The molecule has 1 fully saturated rings. The minimum atomic E-state index is -0.958. The molecule has 2 N–H and O–H groups in total. The molecular formula is C11H15N3O3S2. The summed E-state index contributed by atoms with van der Waals surface area (Å²) in [6.07, 6.45) is 3.29. The van der Waals surface area contributed by atoms with Crippen LogP contribution in [0.2, 0.25) is 0 Å². The summed E-state index contributed by atoms with van der Waals surface area (Å²) in [6, 6.07) is -1.15. The maximum absolute atomic E-state index is 12.2. The van der Waals surface area contributed by atoms with E-state index in [4.69, 9.17) is 0 Å². The summed E-state index contributed by atoms with van der Waals surface area (Å²) in [5.41, 5.74) is 0.